The van der Waals surface area contributed by atoms with E-state index in [9.17, 15) is 4.79 Å². The topological polar surface area (TPSA) is 32.3 Å². The van der Waals surface area contributed by atoms with E-state index in [1.807, 2.05) is 29.2 Å². The number of carbonyl (C=O) groups excluding carboxylic acids is 1. The summed E-state index contributed by atoms with van der Waals surface area (Å²) in [5.74, 6) is 0.256. The number of carbonyl (C=O) groups is 1. The highest BCUT2D eigenvalue weighted by atomic mass is 35.5. The van der Waals surface area contributed by atoms with Gasteiger partial charge in [-0.3, -0.25) is 4.79 Å². The molecule has 5 heteroatoms. The number of halogens is 2. The van der Waals surface area contributed by atoms with Crippen LogP contribution in [0, 0.1) is 0 Å². The highest BCUT2D eigenvalue weighted by Gasteiger charge is 2.39. The van der Waals surface area contributed by atoms with Gasteiger partial charge in [0.25, 0.3) is 0 Å². The van der Waals surface area contributed by atoms with Crippen molar-refractivity contribution in [3.05, 3.63) is 34.9 Å². The van der Waals surface area contributed by atoms with Gasteiger partial charge in [-0.2, -0.15) is 0 Å². The normalized spacial score (nSPS) is 15.5. The van der Waals surface area contributed by atoms with Crippen molar-refractivity contribution >= 4 is 29.9 Å². The molecule has 1 N–H and O–H groups in total. The zero-order valence-corrected chi connectivity index (χ0v) is 14.3. The zero-order chi connectivity index (χ0) is 14.6. The molecule has 1 amide bonds. The lowest BCUT2D eigenvalue weighted by atomic mass is 9.74. The third-order valence-electron chi connectivity index (χ3n) is 4.42. The van der Waals surface area contributed by atoms with Crippen molar-refractivity contribution in [2.24, 2.45) is 0 Å². The predicted octanol–water partition coefficient (Wildman–Crippen LogP) is 3.25. The Kier molecular flexibility index (Phi) is 6.98. The van der Waals surface area contributed by atoms with Crippen LogP contribution in [0.25, 0.3) is 0 Å². The first kappa shape index (κ1) is 18.3. The van der Waals surface area contributed by atoms with Crippen molar-refractivity contribution in [1.82, 2.24) is 10.2 Å². The SMILES string of the molecule is CCC(CC)(C(=O)N1CCNCC1)c1ccc(Cl)cc1.Cl. The van der Waals surface area contributed by atoms with Gasteiger partial charge in [-0.05, 0) is 30.5 Å². The average molecular weight is 331 g/mol. The molecular weight excluding hydrogens is 307 g/mol. The van der Waals surface area contributed by atoms with Crippen LogP contribution in [0.3, 0.4) is 0 Å². The minimum Gasteiger partial charge on any atom is -0.339 e. The highest BCUT2D eigenvalue weighted by molar-refractivity contribution is 6.30. The van der Waals surface area contributed by atoms with Crippen LogP contribution in [0.5, 0.6) is 0 Å². The maximum atomic E-state index is 13.0. The van der Waals surface area contributed by atoms with Crippen LogP contribution in [0.1, 0.15) is 32.3 Å². The summed E-state index contributed by atoms with van der Waals surface area (Å²) in [6.07, 6.45) is 1.63. The van der Waals surface area contributed by atoms with E-state index in [-0.39, 0.29) is 18.3 Å². The van der Waals surface area contributed by atoms with E-state index in [0.29, 0.717) is 5.02 Å². The Bertz CT molecular complexity index is 452. The second-order valence-corrected chi connectivity index (χ2v) is 5.77. The average Bonchev–Trinajstić information content (AvgIpc) is 2.51. The highest BCUT2D eigenvalue weighted by Crippen LogP contribution is 2.34. The Balaban J connectivity index is 0.00000220. The lowest BCUT2D eigenvalue weighted by molar-refractivity contribution is -0.138. The molecule has 1 aromatic carbocycles. The summed E-state index contributed by atoms with van der Waals surface area (Å²) >= 11 is 5.97. The largest absolute Gasteiger partial charge is 0.339 e. The number of nitrogens with one attached hydrogen (secondary N) is 1. The van der Waals surface area contributed by atoms with Gasteiger partial charge in [0.15, 0.2) is 0 Å². The molecule has 21 heavy (non-hydrogen) atoms. The van der Waals surface area contributed by atoms with E-state index >= 15 is 0 Å². The molecule has 0 radical (unpaired) electrons. The molecule has 118 valence electrons. The van der Waals surface area contributed by atoms with Crippen molar-refractivity contribution < 1.29 is 4.79 Å². The van der Waals surface area contributed by atoms with Crippen molar-refractivity contribution in [3.63, 3.8) is 0 Å². The van der Waals surface area contributed by atoms with Crippen LogP contribution in [0.2, 0.25) is 5.02 Å². The molecule has 0 unspecified atom stereocenters. The van der Waals surface area contributed by atoms with Gasteiger partial charge in [-0.15, -0.1) is 12.4 Å². The number of nitrogens with zero attached hydrogens (tertiary/aromatic N) is 1. The molecule has 1 aliphatic rings. The molecule has 1 fully saturated rings. The minimum atomic E-state index is -0.415. The lowest BCUT2D eigenvalue weighted by Gasteiger charge is -2.38. The molecule has 0 spiro atoms. The Labute approximate surface area is 138 Å². The zero-order valence-electron chi connectivity index (χ0n) is 12.7. The Morgan fingerprint density at radius 2 is 1.71 bits per heavy atom. The van der Waals surface area contributed by atoms with Gasteiger partial charge in [0, 0.05) is 31.2 Å². The second kappa shape index (κ2) is 8.02. The first-order valence-corrected chi connectivity index (χ1v) is 7.78. The maximum Gasteiger partial charge on any atom is 0.233 e. The van der Waals surface area contributed by atoms with Gasteiger partial charge < -0.3 is 10.2 Å². The summed E-state index contributed by atoms with van der Waals surface area (Å²) in [5.41, 5.74) is 0.664. The van der Waals surface area contributed by atoms with Crippen molar-refractivity contribution in [3.8, 4) is 0 Å². The summed E-state index contributed by atoms with van der Waals surface area (Å²) in [6.45, 7) is 7.56. The Hall–Kier alpha value is -0.770. The van der Waals surface area contributed by atoms with E-state index in [2.05, 4.69) is 19.2 Å². The van der Waals surface area contributed by atoms with Crippen molar-refractivity contribution in [2.75, 3.05) is 26.2 Å². The van der Waals surface area contributed by atoms with E-state index < -0.39 is 5.41 Å². The number of hydrogen-bond acceptors (Lipinski definition) is 2. The summed E-state index contributed by atoms with van der Waals surface area (Å²) in [4.78, 5) is 15.0. The van der Waals surface area contributed by atoms with Crippen LogP contribution >= 0.6 is 24.0 Å². The van der Waals surface area contributed by atoms with Crippen molar-refractivity contribution in [1.29, 1.82) is 0 Å². The number of amides is 1. The Morgan fingerprint density at radius 3 is 2.19 bits per heavy atom. The summed E-state index contributed by atoms with van der Waals surface area (Å²) < 4.78 is 0. The molecule has 2 rings (SSSR count). The lowest BCUT2D eigenvalue weighted by Crippen LogP contribution is -2.53. The third kappa shape index (κ3) is 3.71. The van der Waals surface area contributed by atoms with Crippen LogP contribution in [0.15, 0.2) is 24.3 Å². The van der Waals surface area contributed by atoms with E-state index in [0.717, 1.165) is 44.6 Å². The molecule has 0 atom stereocenters. The van der Waals surface area contributed by atoms with Gasteiger partial charge in [0.05, 0.1) is 5.41 Å². The van der Waals surface area contributed by atoms with Gasteiger partial charge in [-0.1, -0.05) is 37.6 Å². The smallest absolute Gasteiger partial charge is 0.233 e. The van der Waals surface area contributed by atoms with Gasteiger partial charge >= 0.3 is 0 Å². The molecule has 0 aromatic heterocycles. The van der Waals surface area contributed by atoms with Crippen LogP contribution in [0.4, 0.5) is 0 Å². The van der Waals surface area contributed by atoms with Crippen LogP contribution in [-0.4, -0.2) is 37.0 Å². The summed E-state index contributed by atoms with van der Waals surface area (Å²) in [5, 5.41) is 4.01. The number of hydrogen-bond donors (Lipinski definition) is 1. The first-order valence-electron chi connectivity index (χ1n) is 7.40. The number of piperazine rings is 1. The Morgan fingerprint density at radius 1 is 1.19 bits per heavy atom. The molecular formula is C16H24Cl2N2O. The number of rotatable bonds is 4. The predicted molar refractivity (Wildman–Crippen MR) is 90.4 cm³/mol. The third-order valence-corrected chi connectivity index (χ3v) is 4.67. The second-order valence-electron chi connectivity index (χ2n) is 5.34. The van der Waals surface area contributed by atoms with Gasteiger partial charge in [-0.25, -0.2) is 0 Å². The minimum absolute atomic E-state index is 0. The quantitative estimate of drug-likeness (QED) is 0.919. The fraction of sp³-hybridized carbons (Fsp3) is 0.562. The van der Waals surface area contributed by atoms with Gasteiger partial charge in [0.1, 0.15) is 0 Å². The van der Waals surface area contributed by atoms with Crippen LogP contribution in [-0.2, 0) is 10.2 Å². The molecule has 1 aromatic rings. The molecule has 0 saturated carbocycles. The van der Waals surface area contributed by atoms with E-state index in [1.165, 1.54) is 0 Å². The molecule has 0 bridgehead atoms. The molecule has 1 heterocycles. The van der Waals surface area contributed by atoms with E-state index in [1.54, 1.807) is 0 Å². The first-order chi connectivity index (χ1) is 9.64. The molecule has 0 aliphatic carbocycles. The summed E-state index contributed by atoms with van der Waals surface area (Å²) in [6, 6.07) is 7.74. The maximum absolute atomic E-state index is 13.0. The van der Waals surface area contributed by atoms with Crippen LogP contribution < -0.4 is 5.32 Å². The molecule has 1 saturated heterocycles. The monoisotopic (exact) mass is 330 g/mol. The van der Waals surface area contributed by atoms with Crippen molar-refractivity contribution in [2.45, 2.75) is 32.1 Å². The molecule has 3 nitrogen and oxygen atoms in total. The van der Waals surface area contributed by atoms with E-state index in [4.69, 9.17) is 11.6 Å². The fourth-order valence-corrected chi connectivity index (χ4v) is 3.15. The van der Waals surface area contributed by atoms with Gasteiger partial charge in [0.2, 0.25) is 5.91 Å². The fourth-order valence-electron chi connectivity index (χ4n) is 3.02. The molecule has 1 aliphatic heterocycles. The number of benzene rings is 1. The standard InChI is InChI=1S/C16H23ClN2O.ClH/c1-3-16(4-2,13-5-7-14(17)8-6-13)15(20)19-11-9-18-10-12-19;/h5-8,18H,3-4,9-12H2,1-2H3;1H. The summed E-state index contributed by atoms with van der Waals surface area (Å²) in [7, 11) is 0.